The van der Waals surface area contributed by atoms with Gasteiger partial charge in [0.1, 0.15) is 12.4 Å². The summed E-state index contributed by atoms with van der Waals surface area (Å²) in [5, 5.41) is 7.66. The number of rotatable bonds is 8. The zero-order valence-electron chi connectivity index (χ0n) is 18.1. The lowest BCUT2D eigenvalue weighted by atomic mass is 9.96. The molecular formula is C24H27ClN4O3. The first-order valence-corrected chi connectivity index (χ1v) is 11.2. The van der Waals surface area contributed by atoms with E-state index < -0.39 is 0 Å². The maximum Gasteiger partial charge on any atom is 0.241 e. The molecule has 1 amide bonds. The number of piperidine rings is 1. The van der Waals surface area contributed by atoms with Crippen LogP contribution in [0.4, 0.5) is 0 Å². The fourth-order valence-electron chi connectivity index (χ4n) is 3.84. The monoisotopic (exact) mass is 454 g/mol. The van der Waals surface area contributed by atoms with E-state index in [1.807, 2.05) is 49.4 Å². The van der Waals surface area contributed by atoms with E-state index in [-0.39, 0.29) is 11.8 Å². The highest BCUT2D eigenvalue weighted by Crippen LogP contribution is 2.24. The molecule has 0 aliphatic carbocycles. The van der Waals surface area contributed by atoms with Gasteiger partial charge in [0.05, 0.1) is 18.1 Å². The van der Waals surface area contributed by atoms with Gasteiger partial charge in [0.15, 0.2) is 0 Å². The van der Waals surface area contributed by atoms with Crippen LogP contribution in [-0.4, -0.2) is 47.2 Å². The van der Waals surface area contributed by atoms with Gasteiger partial charge in [0, 0.05) is 11.5 Å². The minimum Gasteiger partial charge on any atom is -0.490 e. The fraction of sp³-hybridized carbons (Fsp3) is 0.375. The SMILES string of the molecule is Cc1ccccc1-c1noc(CN2CCC(C(=O)NCCOc3ccccc3Cl)CC2)n1. The van der Waals surface area contributed by atoms with E-state index in [1.165, 1.54) is 0 Å². The molecule has 1 saturated heterocycles. The van der Waals surface area contributed by atoms with Crippen LogP contribution in [-0.2, 0) is 11.3 Å². The van der Waals surface area contributed by atoms with Gasteiger partial charge in [-0.3, -0.25) is 9.69 Å². The number of aryl methyl sites for hydroxylation is 1. The number of nitrogens with one attached hydrogen (secondary N) is 1. The number of nitrogens with zero attached hydrogens (tertiary/aromatic N) is 3. The average Bonchev–Trinajstić information content (AvgIpc) is 3.26. The summed E-state index contributed by atoms with van der Waals surface area (Å²) in [5.74, 6) is 1.93. The van der Waals surface area contributed by atoms with E-state index in [0.717, 1.165) is 37.1 Å². The van der Waals surface area contributed by atoms with Crippen molar-refractivity contribution in [3.63, 3.8) is 0 Å². The Bertz CT molecular complexity index is 1050. The van der Waals surface area contributed by atoms with Crippen molar-refractivity contribution in [3.05, 3.63) is 65.0 Å². The Morgan fingerprint density at radius 1 is 1.19 bits per heavy atom. The van der Waals surface area contributed by atoms with Gasteiger partial charge in [0.25, 0.3) is 0 Å². The van der Waals surface area contributed by atoms with Crippen LogP contribution < -0.4 is 10.1 Å². The van der Waals surface area contributed by atoms with Gasteiger partial charge in [-0.05, 0) is 50.6 Å². The predicted molar refractivity (Wildman–Crippen MR) is 122 cm³/mol. The summed E-state index contributed by atoms with van der Waals surface area (Å²) in [7, 11) is 0. The number of para-hydroxylation sites is 1. The number of halogens is 1. The van der Waals surface area contributed by atoms with Crippen molar-refractivity contribution in [3.8, 4) is 17.1 Å². The number of ether oxygens (including phenoxy) is 1. The Morgan fingerprint density at radius 2 is 1.94 bits per heavy atom. The third-order valence-corrected chi connectivity index (χ3v) is 5.98. The van der Waals surface area contributed by atoms with Gasteiger partial charge in [-0.15, -0.1) is 0 Å². The molecule has 1 aromatic heterocycles. The Kier molecular flexibility index (Phi) is 7.39. The molecule has 0 bridgehead atoms. The molecule has 168 valence electrons. The molecule has 0 atom stereocenters. The molecule has 2 aromatic carbocycles. The molecule has 7 nitrogen and oxygen atoms in total. The number of carbonyl (C=O) groups excluding carboxylic acids is 1. The molecule has 4 rings (SSSR count). The van der Waals surface area contributed by atoms with Crippen molar-refractivity contribution < 1.29 is 14.1 Å². The van der Waals surface area contributed by atoms with Gasteiger partial charge < -0.3 is 14.6 Å². The molecule has 1 fully saturated rings. The molecule has 32 heavy (non-hydrogen) atoms. The van der Waals surface area contributed by atoms with Crippen molar-refractivity contribution in [2.45, 2.75) is 26.3 Å². The second-order valence-electron chi connectivity index (χ2n) is 7.95. The molecule has 8 heteroatoms. The topological polar surface area (TPSA) is 80.5 Å². The van der Waals surface area contributed by atoms with Crippen LogP contribution in [0.1, 0.15) is 24.3 Å². The number of amides is 1. The molecule has 0 spiro atoms. The second-order valence-corrected chi connectivity index (χ2v) is 8.35. The predicted octanol–water partition coefficient (Wildman–Crippen LogP) is 4.11. The fourth-order valence-corrected chi connectivity index (χ4v) is 4.03. The van der Waals surface area contributed by atoms with Crippen LogP contribution in [0.25, 0.3) is 11.4 Å². The van der Waals surface area contributed by atoms with Crippen LogP contribution in [0.2, 0.25) is 5.02 Å². The van der Waals surface area contributed by atoms with E-state index in [0.29, 0.717) is 42.2 Å². The second kappa shape index (κ2) is 10.6. The lowest BCUT2D eigenvalue weighted by molar-refractivity contribution is -0.126. The average molecular weight is 455 g/mol. The maximum atomic E-state index is 12.5. The van der Waals surface area contributed by atoms with E-state index in [4.69, 9.17) is 20.9 Å². The van der Waals surface area contributed by atoms with Gasteiger partial charge in [-0.25, -0.2) is 0 Å². The molecule has 0 saturated carbocycles. The summed E-state index contributed by atoms with van der Waals surface area (Å²) in [6, 6.07) is 15.3. The molecule has 2 heterocycles. The zero-order chi connectivity index (χ0) is 22.3. The summed E-state index contributed by atoms with van der Waals surface area (Å²) < 4.78 is 11.1. The molecule has 0 unspecified atom stereocenters. The standard InChI is InChI=1S/C24H27ClN4O3/c1-17-6-2-3-7-19(17)23-27-22(32-28-23)16-29-13-10-18(11-14-29)24(30)26-12-15-31-21-9-5-4-8-20(21)25/h2-9,18H,10-16H2,1H3,(H,26,30). The van der Waals surface area contributed by atoms with Gasteiger partial charge in [0.2, 0.25) is 17.6 Å². The number of carbonyl (C=O) groups is 1. The zero-order valence-corrected chi connectivity index (χ0v) is 18.8. The first kappa shape index (κ1) is 22.3. The largest absolute Gasteiger partial charge is 0.490 e. The summed E-state index contributed by atoms with van der Waals surface area (Å²) in [6.07, 6.45) is 1.60. The van der Waals surface area contributed by atoms with Gasteiger partial charge in [-0.2, -0.15) is 4.98 Å². The van der Waals surface area contributed by atoms with Gasteiger partial charge in [-0.1, -0.05) is 53.2 Å². The first-order chi connectivity index (χ1) is 15.6. The number of likely N-dealkylation sites (tertiary alicyclic amines) is 1. The first-order valence-electron chi connectivity index (χ1n) is 10.9. The quantitative estimate of drug-likeness (QED) is 0.516. The number of aromatic nitrogens is 2. The molecule has 3 aromatic rings. The Morgan fingerprint density at radius 3 is 2.72 bits per heavy atom. The lowest BCUT2D eigenvalue weighted by Crippen LogP contribution is -2.41. The lowest BCUT2D eigenvalue weighted by Gasteiger charge is -2.30. The molecule has 0 radical (unpaired) electrons. The van der Waals surface area contributed by atoms with E-state index in [1.54, 1.807) is 6.07 Å². The van der Waals surface area contributed by atoms with Crippen molar-refractivity contribution in [1.29, 1.82) is 0 Å². The Balaban J connectivity index is 1.19. The number of hydrogen-bond donors (Lipinski definition) is 1. The number of benzene rings is 2. The van der Waals surface area contributed by atoms with Crippen molar-refractivity contribution >= 4 is 17.5 Å². The van der Waals surface area contributed by atoms with Crippen LogP contribution in [0, 0.1) is 12.8 Å². The minimum atomic E-state index is 0.0109. The highest BCUT2D eigenvalue weighted by molar-refractivity contribution is 6.32. The summed E-state index contributed by atoms with van der Waals surface area (Å²) in [5.41, 5.74) is 2.10. The molecule has 1 N–H and O–H groups in total. The number of hydrogen-bond acceptors (Lipinski definition) is 6. The van der Waals surface area contributed by atoms with Crippen LogP contribution in [0.15, 0.2) is 53.1 Å². The minimum absolute atomic E-state index is 0.0109. The van der Waals surface area contributed by atoms with E-state index in [2.05, 4.69) is 20.4 Å². The molecular weight excluding hydrogens is 428 g/mol. The van der Waals surface area contributed by atoms with Gasteiger partial charge >= 0.3 is 0 Å². The highest BCUT2D eigenvalue weighted by Gasteiger charge is 2.26. The third-order valence-electron chi connectivity index (χ3n) is 5.67. The third kappa shape index (κ3) is 5.66. The van der Waals surface area contributed by atoms with Crippen LogP contribution in [0.5, 0.6) is 5.75 Å². The van der Waals surface area contributed by atoms with Crippen molar-refractivity contribution in [2.24, 2.45) is 5.92 Å². The van der Waals surface area contributed by atoms with Crippen molar-refractivity contribution in [1.82, 2.24) is 20.4 Å². The normalized spacial score (nSPS) is 14.9. The maximum absolute atomic E-state index is 12.5. The summed E-state index contributed by atoms with van der Waals surface area (Å²) >= 11 is 6.07. The smallest absolute Gasteiger partial charge is 0.241 e. The van der Waals surface area contributed by atoms with E-state index >= 15 is 0 Å². The summed E-state index contributed by atoms with van der Waals surface area (Å²) in [4.78, 5) is 19.3. The molecule has 1 aliphatic heterocycles. The van der Waals surface area contributed by atoms with Crippen molar-refractivity contribution in [2.75, 3.05) is 26.2 Å². The Labute approximate surface area is 192 Å². The Hall–Kier alpha value is -2.90. The summed E-state index contributed by atoms with van der Waals surface area (Å²) in [6.45, 7) is 5.10. The highest BCUT2D eigenvalue weighted by atomic mass is 35.5. The van der Waals surface area contributed by atoms with Crippen LogP contribution >= 0.6 is 11.6 Å². The molecule has 1 aliphatic rings. The van der Waals surface area contributed by atoms with Crippen LogP contribution in [0.3, 0.4) is 0 Å². The van der Waals surface area contributed by atoms with E-state index in [9.17, 15) is 4.79 Å².